The molecule has 0 radical (unpaired) electrons. The van der Waals surface area contributed by atoms with Crippen molar-refractivity contribution in [2.75, 3.05) is 19.6 Å². The van der Waals surface area contributed by atoms with Gasteiger partial charge in [0.2, 0.25) is 15.9 Å². The molecule has 3 rings (SSSR count). The van der Waals surface area contributed by atoms with Gasteiger partial charge < -0.3 is 5.32 Å². The van der Waals surface area contributed by atoms with Crippen LogP contribution in [0, 0.1) is 23.0 Å². The van der Waals surface area contributed by atoms with Crippen LogP contribution in [-0.2, 0) is 14.8 Å². The summed E-state index contributed by atoms with van der Waals surface area (Å²) >= 11 is 0. The molecule has 0 aliphatic carbocycles. The third-order valence-electron chi connectivity index (χ3n) is 5.78. The molecule has 0 bridgehead atoms. The maximum atomic E-state index is 13.0. The van der Waals surface area contributed by atoms with Crippen LogP contribution >= 0.6 is 0 Å². The van der Waals surface area contributed by atoms with Gasteiger partial charge in [-0.3, -0.25) is 14.9 Å². The van der Waals surface area contributed by atoms with Crippen LogP contribution in [0.25, 0.3) is 0 Å². The number of piperidine rings is 1. The monoisotopic (exact) mass is 445 g/mol. The zero-order valence-corrected chi connectivity index (χ0v) is 18.5. The summed E-state index contributed by atoms with van der Waals surface area (Å²) < 4.78 is 27.4. The van der Waals surface area contributed by atoms with E-state index in [4.69, 9.17) is 0 Å². The Morgan fingerprint density at radius 2 is 1.84 bits per heavy atom. The number of hydrogen-bond donors (Lipinski definition) is 1. The number of nitro groups is 1. The fourth-order valence-electron chi connectivity index (χ4n) is 3.78. The third kappa shape index (κ3) is 5.29. The van der Waals surface area contributed by atoms with Gasteiger partial charge in [0, 0.05) is 37.7 Å². The molecule has 0 spiro atoms. The number of hydrogen-bond acceptors (Lipinski definition) is 5. The molecule has 1 amide bonds. The fraction of sp³-hybridized carbons (Fsp3) is 0.409. The summed E-state index contributed by atoms with van der Waals surface area (Å²) in [5.74, 6) is -0.130. The zero-order chi connectivity index (χ0) is 22.6. The number of nitro benzene ring substituents is 1. The van der Waals surface area contributed by atoms with Gasteiger partial charge >= 0.3 is 0 Å². The molecule has 1 fully saturated rings. The second-order valence-electron chi connectivity index (χ2n) is 7.94. The topological polar surface area (TPSA) is 110 Å². The van der Waals surface area contributed by atoms with Crippen LogP contribution in [0.1, 0.15) is 36.8 Å². The lowest BCUT2D eigenvalue weighted by molar-refractivity contribution is -0.385. The van der Waals surface area contributed by atoms with Crippen LogP contribution in [0.15, 0.2) is 53.4 Å². The summed E-state index contributed by atoms with van der Waals surface area (Å²) in [6, 6.07) is 13.8. The average molecular weight is 446 g/mol. The van der Waals surface area contributed by atoms with Crippen LogP contribution in [-0.4, -0.2) is 43.2 Å². The first kappa shape index (κ1) is 22.9. The molecule has 1 atom stereocenters. The first-order valence-corrected chi connectivity index (χ1v) is 11.7. The summed E-state index contributed by atoms with van der Waals surface area (Å²) in [7, 11) is -3.86. The number of aryl methyl sites for hydroxylation is 1. The molecule has 166 valence electrons. The van der Waals surface area contributed by atoms with Gasteiger partial charge in [-0.05, 0) is 36.8 Å². The molecule has 0 saturated carbocycles. The maximum absolute atomic E-state index is 13.0. The van der Waals surface area contributed by atoms with Crippen LogP contribution in [0.5, 0.6) is 0 Å². The standard InChI is InChI=1S/C22H27N3O5S/c1-16-8-9-20(25(27)28)14-21(16)31(29,30)24-12-10-19(11-13-24)22(26)23-15-17(2)18-6-4-3-5-7-18/h3-9,14,17,19H,10-13,15H2,1-2H3,(H,23,26). The van der Waals surface area contributed by atoms with E-state index < -0.39 is 14.9 Å². The zero-order valence-electron chi connectivity index (χ0n) is 17.7. The molecule has 1 heterocycles. The van der Waals surface area contributed by atoms with Crippen LogP contribution in [0.4, 0.5) is 5.69 Å². The van der Waals surface area contributed by atoms with Gasteiger partial charge in [-0.2, -0.15) is 4.31 Å². The Balaban J connectivity index is 1.59. The summed E-state index contributed by atoms with van der Waals surface area (Å²) in [5, 5.41) is 14.0. The van der Waals surface area contributed by atoms with Gasteiger partial charge in [-0.25, -0.2) is 8.42 Å². The molecule has 0 aromatic heterocycles. The number of amides is 1. The molecule has 2 aromatic rings. The Morgan fingerprint density at radius 3 is 2.45 bits per heavy atom. The first-order valence-electron chi connectivity index (χ1n) is 10.3. The average Bonchev–Trinajstić information content (AvgIpc) is 2.77. The Labute approximate surface area is 182 Å². The summed E-state index contributed by atoms with van der Waals surface area (Å²) in [5.41, 5.74) is 1.35. The van der Waals surface area contributed by atoms with Gasteiger partial charge in [0.1, 0.15) is 0 Å². The van der Waals surface area contributed by atoms with Gasteiger partial charge in [0.05, 0.1) is 9.82 Å². The van der Waals surface area contributed by atoms with E-state index >= 15 is 0 Å². The molecular formula is C22H27N3O5S. The largest absolute Gasteiger partial charge is 0.355 e. The van der Waals surface area contributed by atoms with Gasteiger partial charge in [-0.1, -0.05) is 43.3 Å². The SMILES string of the molecule is Cc1ccc([N+](=O)[O-])cc1S(=O)(=O)N1CCC(C(=O)NCC(C)c2ccccc2)CC1. The minimum absolute atomic E-state index is 0.0544. The number of carbonyl (C=O) groups is 1. The van der Waals surface area contributed by atoms with Crippen molar-refractivity contribution in [2.24, 2.45) is 5.92 Å². The van der Waals surface area contributed by atoms with Crippen molar-refractivity contribution in [2.45, 2.75) is 37.5 Å². The lowest BCUT2D eigenvalue weighted by Crippen LogP contribution is -2.43. The summed E-state index contributed by atoms with van der Waals surface area (Å²) in [6.45, 7) is 4.60. The number of non-ortho nitro benzene ring substituents is 1. The molecule has 1 saturated heterocycles. The Morgan fingerprint density at radius 1 is 1.19 bits per heavy atom. The summed E-state index contributed by atoms with van der Waals surface area (Å²) in [6.07, 6.45) is 0.831. The number of nitrogens with zero attached hydrogens (tertiary/aromatic N) is 2. The molecule has 2 aromatic carbocycles. The van der Waals surface area contributed by atoms with Crippen molar-refractivity contribution in [3.63, 3.8) is 0 Å². The number of sulfonamides is 1. The second-order valence-corrected chi connectivity index (χ2v) is 9.85. The van der Waals surface area contributed by atoms with Crippen LogP contribution in [0.3, 0.4) is 0 Å². The van der Waals surface area contributed by atoms with E-state index in [0.29, 0.717) is 24.9 Å². The van der Waals surface area contributed by atoms with E-state index in [-0.39, 0.29) is 41.4 Å². The van der Waals surface area contributed by atoms with Crippen LogP contribution in [0.2, 0.25) is 0 Å². The highest BCUT2D eigenvalue weighted by atomic mass is 32.2. The lowest BCUT2D eigenvalue weighted by atomic mass is 9.96. The second kappa shape index (κ2) is 9.57. The Kier molecular flexibility index (Phi) is 7.07. The van der Waals surface area contributed by atoms with Gasteiger partial charge in [-0.15, -0.1) is 0 Å². The molecule has 1 aliphatic heterocycles. The van der Waals surface area contributed by atoms with Gasteiger partial charge in [0.25, 0.3) is 5.69 Å². The molecule has 8 nitrogen and oxygen atoms in total. The smallest absolute Gasteiger partial charge is 0.270 e. The molecule has 1 N–H and O–H groups in total. The molecule has 1 aliphatic rings. The quantitative estimate of drug-likeness (QED) is 0.520. The highest BCUT2D eigenvalue weighted by Crippen LogP contribution is 2.28. The normalized spacial score (nSPS) is 16.6. The Bertz CT molecular complexity index is 1050. The van der Waals surface area contributed by atoms with E-state index in [0.717, 1.165) is 11.6 Å². The number of carbonyl (C=O) groups excluding carboxylic acids is 1. The fourth-order valence-corrected chi connectivity index (χ4v) is 5.49. The highest BCUT2D eigenvalue weighted by molar-refractivity contribution is 7.89. The molecular weight excluding hydrogens is 418 g/mol. The van der Waals surface area contributed by atoms with E-state index in [1.807, 2.05) is 37.3 Å². The molecule has 1 unspecified atom stereocenters. The predicted molar refractivity (Wildman–Crippen MR) is 117 cm³/mol. The first-order chi connectivity index (χ1) is 14.7. The van der Waals surface area contributed by atoms with Crippen molar-refractivity contribution < 1.29 is 18.1 Å². The van der Waals surface area contributed by atoms with Crippen molar-refractivity contribution in [1.82, 2.24) is 9.62 Å². The molecule has 31 heavy (non-hydrogen) atoms. The number of benzene rings is 2. The van der Waals surface area contributed by atoms with Crippen molar-refractivity contribution in [3.8, 4) is 0 Å². The van der Waals surface area contributed by atoms with E-state index in [9.17, 15) is 23.3 Å². The minimum Gasteiger partial charge on any atom is -0.355 e. The van der Waals surface area contributed by atoms with Crippen LogP contribution < -0.4 is 5.32 Å². The maximum Gasteiger partial charge on any atom is 0.270 e. The van der Waals surface area contributed by atoms with E-state index in [1.165, 1.54) is 16.4 Å². The van der Waals surface area contributed by atoms with Crippen molar-refractivity contribution >= 4 is 21.6 Å². The predicted octanol–water partition coefficient (Wildman–Crippen LogP) is 3.22. The third-order valence-corrected chi connectivity index (χ3v) is 7.82. The lowest BCUT2D eigenvalue weighted by Gasteiger charge is -2.31. The molecule has 9 heteroatoms. The van der Waals surface area contributed by atoms with E-state index in [2.05, 4.69) is 5.32 Å². The van der Waals surface area contributed by atoms with Gasteiger partial charge in [0.15, 0.2) is 0 Å². The Hall–Kier alpha value is -2.78. The van der Waals surface area contributed by atoms with Crippen molar-refractivity contribution in [1.29, 1.82) is 0 Å². The minimum atomic E-state index is -3.86. The number of rotatable bonds is 7. The van der Waals surface area contributed by atoms with E-state index in [1.54, 1.807) is 6.92 Å². The highest BCUT2D eigenvalue weighted by Gasteiger charge is 2.33. The summed E-state index contributed by atoms with van der Waals surface area (Å²) in [4.78, 5) is 23.0. The number of nitrogens with one attached hydrogen (secondary N) is 1. The van der Waals surface area contributed by atoms with Crippen molar-refractivity contribution in [3.05, 3.63) is 69.8 Å².